The molecule has 5 nitrogen and oxygen atoms in total. The van der Waals surface area contributed by atoms with E-state index in [1.54, 1.807) is 0 Å². The second kappa shape index (κ2) is 8.44. The molecule has 5 heteroatoms. The van der Waals surface area contributed by atoms with Gasteiger partial charge in [-0.05, 0) is 61.9 Å². The minimum absolute atomic E-state index is 0.109. The van der Waals surface area contributed by atoms with E-state index in [4.69, 9.17) is 4.98 Å². The summed E-state index contributed by atoms with van der Waals surface area (Å²) >= 11 is 0. The van der Waals surface area contributed by atoms with Gasteiger partial charge in [0.25, 0.3) is 0 Å². The number of anilines is 1. The standard InChI is InChI=1S/C25H30N4O/c1-5-24(30)22(23-17-29-16-18(2)6-9-25(29)26-23)15-20-7-8-21(14-19(20)3)28-12-10-27(4)11-13-28/h6-9,14-17H,5,10-13H2,1-4H3/b22-15-. The monoisotopic (exact) mass is 402 g/mol. The Morgan fingerprint density at radius 2 is 1.83 bits per heavy atom. The molecule has 0 unspecified atom stereocenters. The topological polar surface area (TPSA) is 40.9 Å². The Morgan fingerprint density at radius 3 is 2.53 bits per heavy atom. The number of allylic oxidation sites excluding steroid dienone is 1. The Hall–Kier alpha value is -2.92. The lowest BCUT2D eigenvalue weighted by Gasteiger charge is -2.34. The molecule has 2 aromatic heterocycles. The number of aryl methyl sites for hydroxylation is 2. The lowest BCUT2D eigenvalue weighted by Crippen LogP contribution is -2.44. The number of hydrogen-bond acceptors (Lipinski definition) is 4. The normalized spacial score (nSPS) is 15.7. The average Bonchev–Trinajstić information content (AvgIpc) is 3.15. The van der Waals surface area contributed by atoms with Crippen LogP contribution in [0, 0.1) is 13.8 Å². The summed E-state index contributed by atoms with van der Waals surface area (Å²) in [4.78, 5) is 22.3. The molecule has 0 radical (unpaired) electrons. The van der Waals surface area contributed by atoms with Gasteiger partial charge in [0.15, 0.2) is 5.78 Å². The smallest absolute Gasteiger partial charge is 0.164 e. The summed E-state index contributed by atoms with van der Waals surface area (Å²) in [5.41, 5.74) is 6.92. The fourth-order valence-electron chi connectivity index (χ4n) is 3.96. The highest BCUT2D eigenvalue weighted by atomic mass is 16.1. The molecule has 1 aromatic carbocycles. The number of imidazole rings is 1. The summed E-state index contributed by atoms with van der Waals surface area (Å²) < 4.78 is 1.99. The maximum Gasteiger partial charge on any atom is 0.164 e. The van der Waals surface area contributed by atoms with E-state index < -0.39 is 0 Å². The van der Waals surface area contributed by atoms with Crippen LogP contribution in [0.3, 0.4) is 0 Å². The van der Waals surface area contributed by atoms with E-state index in [9.17, 15) is 4.79 Å². The van der Waals surface area contributed by atoms with Crippen LogP contribution in [0.15, 0.2) is 42.7 Å². The van der Waals surface area contributed by atoms with Crippen molar-refractivity contribution in [2.45, 2.75) is 27.2 Å². The summed E-state index contributed by atoms with van der Waals surface area (Å²) in [6.07, 6.45) is 6.45. The first kappa shape index (κ1) is 20.4. The highest BCUT2D eigenvalue weighted by Crippen LogP contribution is 2.26. The molecular weight excluding hydrogens is 372 g/mol. The first-order valence-corrected chi connectivity index (χ1v) is 10.7. The molecule has 156 valence electrons. The van der Waals surface area contributed by atoms with E-state index in [1.807, 2.05) is 41.9 Å². The van der Waals surface area contributed by atoms with Crippen molar-refractivity contribution in [1.82, 2.24) is 14.3 Å². The Kier molecular flexibility index (Phi) is 5.73. The van der Waals surface area contributed by atoms with Gasteiger partial charge in [-0.3, -0.25) is 4.79 Å². The quantitative estimate of drug-likeness (QED) is 0.599. The number of fused-ring (bicyclic) bond motifs is 1. The second-order valence-corrected chi connectivity index (χ2v) is 8.26. The van der Waals surface area contributed by atoms with Gasteiger partial charge in [0.2, 0.25) is 0 Å². The zero-order chi connectivity index (χ0) is 21.3. The predicted octanol–water partition coefficient (Wildman–Crippen LogP) is 4.22. The maximum atomic E-state index is 12.8. The fourth-order valence-corrected chi connectivity index (χ4v) is 3.96. The third-order valence-electron chi connectivity index (χ3n) is 5.92. The summed E-state index contributed by atoms with van der Waals surface area (Å²) in [5.74, 6) is 0.109. The molecule has 0 bridgehead atoms. The van der Waals surface area contributed by atoms with E-state index in [2.05, 4.69) is 48.9 Å². The lowest BCUT2D eigenvalue weighted by molar-refractivity contribution is -0.113. The average molecular weight is 403 g/mol. The van der Waals surface area contributed by atoms with Gasteiger partial charge in [-0.2, -0.15) is 0 Å². The number of aromatic nitrogens is 2. The summed E-state index contributed by atoms with van der Waals surface area (Å²) in [6.45, 7) is 10.3. The summed E-state index contributed by atoms with van der Waals surface area (Å²) in [5, 5.41) is 0. The minimum Gasteiger partial charge on any atom is -0.369 e. The predicted molar refractivity (Wildman–Crippen MR) is 124 cm³/mol. The molecule has 0 amide bonds. The number of hydrogen-bond donors (Lipinski definition) is 0. The summed E-state index contributed by atoms with van der Waals surface area (Å²) in [6, 6.07) is 10.6. The number of carbonyl (C=O) groups excluding carboxylic acids is 1. The SMILES string of the molecule is CCC(=O)/C(=C\c1ccc(N2CCN(C)CC2)cc1C)c1cn2cc(C)ccc2n1. The van der Waals surface area contributed by atoms with Crippen molar-refractivity contribution in [2.75, 3.05) is 38.1 Å². The van der Waals surface area contributed by atoms with Crippen LogP contribution in [0.5, 0.6) is 0 Å². The van der Waals surface area contributed by atoms with Crippen molar-refractivity contribution in [3.05, 3.63) is 65.1 Å². The minimum atomic E-state index is 0.109. The first-order valence-electron chi connectivity index (χ1n) is 10.7. The van der Waals surface area contributed by atoms with Crippen LogP contribution in [0.25, 0.3) is 17.3 Å². The Morgan fingerprint density at radius 1 is 1.07 bits per heavy atom. The van der Waals surface area contributed by atoms with Gasteiger partial charge in [0.1, 0.15) is 5.65 Å². The van der Waals surface area contributed by atoms with Crippen LogP contribution >= 0.6 is 0 Å². The molecule has 1 fully saturated rings. The number of rotatable bonds is 5. The molecule has 1 saturated heterocycles. The number of ketones is 1. The second-order valence-electron chi connectivity index (χ2n) is 8.26. The van der Waals surface area contributed by atoms with Crippen LogP contribution < -0.4 is 4.90 Å². The zero-order valence-corrected chi connectivity index (χ0v) is 18.4. The van der Waals surface area contributed by atoms with Crippen molar-refractivity contribution in [3.63, 3.8) is 0 Å². The fraction of sp³-hybridized carbons (Fsp3) is 0.360. The zero-order valence-electron chi connectivity index (χ0n) is 18.4. The van der Waals surface area contributed by atoms with Crippen LogP contribution in [0.2, 0.25) is 0 Å². The molecule has 3 aromatic rings. The molecule has 1 aliphatic heterocycles. The number of benzene rings is 1. The van der Waals surface area contributed by atoms with Gasteiger partial charge >= 0.3 is 0 Å². The van der Waals surface area contributed by atoms with Crippen molar-refractivity contribution < 1.29 is 4.79 Å². The van der Waals surface area contributed by atoms with Gasteiger partial charge in [0, 0.05) is 56.3 Å². The molecular formula is C25H30N4O. The molecule has 0 spiro atoms. The maximum absolute atomic E-state index is 12.8. The van der Waals surface area contributed by atoms with Crippen molar-refractivity contribution in [1.29, 1.82) is 0 Å². The van der Waals surface area contributed by atoms with Crippen LogP contribution in [0.1, 0.15) is 35.7 Å². The number of Topliss-reactive ketones (excluding diaryl/α,β-unsaturated/α-hetero) is 1. The van der Waals surface area contributed by atoms with Gasteiger partial charge in [-0.15, -0.1) is 0 Å². The van der Waals surface area contributed by atoms with Crippen LogP contribution in [-0.2, 0) is 4.79 Å². The number of piperazine rings is 1. The van der Waals surface area contributed by atoms with Gasteiger partial charge < -0.3 is 14.2 Å². The lowest BCUT2D eigenvalue weighted by atomic mass is 9.99. The Balaban J connectivity index is 1.68. The molecule has 30 heavy (non-hydrogen) atoms. The van der Waals surface area contributed by atoms with E-state index in [-0.39, 0.29) is 5.78 Å². The van der Waals surface area contributed by atoms with Crippen LogP contribution in [-0.4, -0.2) is 53.3 Å². The van der Waals surface area contributed by atoms with Crippen LogP contribution in [0.4, 0.5) is 5.69 Å². The molecule has 1 aliphatic rings. The Bertz CT molecular complexity index is 1100. The molecule has 3 heterocycles. The highest BCUT2D eigenvalue weighted by Gasteiger charge is 2.17. The van der Waals surface area contributed by atoms with E-state index in [1.165, 1.54) is 11.3 Å². The summed E-state index contributed by atoms with van der Waals surface area (Å²) in [7, 11) is 2.17. The number of likely N-dealkylation sites (N-methyl/N-ethyl adjacent to an activating group) is 1. The van der Waals surface area contributed by atoms with Gasteiger partial charge in [-0.25, -0.2) is 4.98 Å². The number of pyridine rings is 1. The van der Waals surface area contributed by atoms with E-state index >= 15 is 0 Å². The Labute approximate surface area is 178 Å². The third kappa shape index (κ3) is 4.17. The molecule has 4 rings (SSSR count). The molecule has 0 aliphatic carbocycles. The van der Waals surface area contributed by atoms with Gasteiger partial charge in [-0.1, -0.05) is 19.1 Å². The van der Waals surface area contributed by atoms with Gasteiger partial charge in [0.05, 0.1) is 5.69 Å². The number of carbonyl (C=O) groups is 1. The van der Waals surface area contributed by atoms with Crippen molar-refractivity contribution in [3.8, 4) is 0 Å². The molecule has 0 atom stereocenters. The largest absolute Gasteiger partial charge is 0.369 e. The van der Waals surface area contributed by atoms with Crippen molar-refractivity contribution >= 4 is 28.8 Å². The first-order chi connectivity index (χ1) is 14.4. The van der Waals surface area contributed by atoms with E-state index in [0.717, 1.165) is 48.6 Å². The number of nitrogens with zero attached hydrogens (tertiary/aromatic N) is 4. The van der Waals surface area contributed by atoms with E-state index in [0.29, 0.717) is 12.0 Å². The molecule has 0 N–H and O–H groups in total. The van der Waals surface area contributed by atoms with Crippen molar-refractivity contribution in [2.24, 2.45) is 0 Å². The molecule has 0 saturated carbocycles. The highest BCUT2D eigenvalue weighted by molar-refractivity contribution is 6.24. The third-order valence-corrected chi connectivity index (χ3v) is 5.92.